The number of halogens is 4. The first-order valence-electron chi connectivity index (χ1n) is 7.71. The van der Waals surface area contributed by atoms with Crippen LogP contribution in [0.1, 0.15) is 38.9 Å². The van der Waals surface area contributed by atoms with Gasteiger partial charge in [-0.05, 0) is 44.2 Å². The number of aromatic nitrogens is 1. The molecule has 6 nitrogen and oxygen atoms in total. The van der Waals surface area contributed by atoms with Crippen molar-refractivity contribution in [2.45, 2.75) is 20.0 Å². The number of benzene rings is 1. The molecule has 1 aromatic heterocycles. The fraction of sp³-hybridized carbons (Fsp3) is 0.235. The maximum atomic E-state index is 13.3. The molecule has 0 atom stereocenters. The van der Waals surface area contributed by atoms with Crippen molar-refractivity contribution < 1.29 is 27.5 Å². The molecule has 0 aliphatic carbocycles. The first-order valence-corrected chi connectivity index (χ1v) is 8.09. The van der Waals surface area contributed by atoms with E-state index >= 15 is 0 Å². The van der Waals surface area contributed by atoms with Gasteiger partial charge in [-0.1, -0.05) is 11.6 Å². The summed E-state index contributed by atoms with van der Waals surface area (Å²) in [7, 11) is 0. The van der Waals surface area contributed by atoms with Crippen LogP contribution in [0.5, 0.6) is 0 Å². The first kappa shape index (κ1) is 20.5. The van der Waals surface area contributed by atoms with Gasteiger partial charge in [0.25, 0.3) is 5.91 Å². The predicted molar refractivity (Wildman–Crippen MR) is 92.5 cm³/mol. The molecule has 1 amide bonds. The van der Waals surface area contributed by atoms with Gasteiger partial charge >= 0.3 is 12.1 Å². The highest BCUT2D eigenvalue weighted by Gasteiger charge is 2.38. The Hall–Kier alpha value is -2.81. The third-order valence-electron chi connectivity index (χ3n) is 3.33. The van der Waals surface area contributed by atoms with Crippen molar-refractivity contribution in [3.05, 3.63) is 57.7 Å². The molecule has 2 rings (SSSR count). The largest absolute Gasteiger partial charge is 0.462 e. The summed E-state index contributed by atoms with van der Waals surface area (Å²) in [6.45, 7) is 2.67. The summed E-state index contributed by atoms with van der Waals surface area (Å²) < 4.78 is 44.7. The number of pyridine rings is 1. The lowest BCUT2D eigenvalue weighted by atomic mass is 10.1. The number of amides is 1. The summed E-state index contributed by atoms with van der Waals surface area (Å²) in [5, 5.41) is 0.416. The lowest BCUT2D eigenvalue weighted by Gasteiger charge is -2.17. The van der Waals surface area contributed by atoms with Crippen molar-refractivity contribution in [2.75, 3.05) is 12.0 Å². The predicted octanol–water partition coefficient (Wildman–Crippen LogP) is 4.00. The van der Waals surface area contributed by atoms with Crippen LogP contribution in [0.15, 0.2) is 30.3 Å². The Balaban J connectivity index is 2.37. The van der Waals surface area contributed by atoms with Gasteiger partial charge in [0.1, 0.15) is 5.56 Å². The molecule has 2 N–H and O–H groups in total. The average Bonchev–Trinajstić information content (AvgIpc) is 2.59. The van der Waals surface area contributed by atoms with Crippen LogP contribution in [0.2, 0.25) is 5.02 Å². The average molecular weight is 402 g/mol. The van der Waals surface area contributed by atoms with E-state index in [4.69, 9.17) is 16.3 Å². The summed E-state index contributed by atoms with van der Waals surface area (Å²) in [6, 6.07) is 6.55. The van der Waals surface area contributed by atoms with E-state index in [1.165, 1.54) is 38.1 Å². The number of alkyl halides is 3. The summed E-state index contributed by atoms with van der Waals surface area (Å²) in [6.07, 6.45) is -4.81. The maximum absolute atomic E-state index is 13.3. The summed E-state index contributed by atoms with van der Waals surface area (Å²) >= 11 is 5.74. The van der Waals surface area contributed by atoms with Gasteiger partial charge in [-0.25, -0.2) is 9.78 Å². The minimum absolute atomic E-state index is 0.00128. The molecular weight excluding hydrogens is 387 g/mol. The number of aryl methyl sites for hydroxylation is 1. The number of nitrogens with zero attached hydrogens (tertiary/aromatic N) is 1. The molecule has 0 aliphatic heterocycles. The van der Waals surface area contributed by atoms with Crippen LogP contribution in [-0.4, -0.2) is 23.5 Å². The molecule has 0 saturated carbocycles. The van der Waals surface area contributed by atoms with Crippen LogP contribution in [0.3, 0.4) is 0 Å². The van der Waals surface area contributed by atoms with Crippen LogP contribution in [0.25, 0.3) is 0 Å². The minimum Gasteiger partial charge on any atom is -0.462 e. The van der Waals surface area contributed by atoms with Gasteiger partial charge in [0.15, 0.2) is 5.82 Å². The molecule has 27 heavy (non-hydrogen) atoms. The highest BCUT2D eigenvalue weighted by molar-refractivity contribution is 6.30. The van der Waals surface area contributed by atoms with E-state index in [0.29, 0.717) is 5.02 Å². The summed E-state index contributed by atoms with van der Waals surface area (Å²) in [4.78, 5) is 28.1. The van der Waals surface area contributed by atoms with Gasteiger partial charge in [0, 0.05) is 16.3 Å². The van der Waals surface area contributed by atoms with Gasteiger partial charge in [0.05, 0.1) is 12.2 Å². The monoisotopic (exact) mass is 401 g/mol. The van der Waals surface area contributed by atoms with Crippen molar-refractivity contribution in [2.24, 2.45) is 0 Å². The zero-order valence-corrected chi connectivity index (χ0v) is 15.0. The lowest BCUT2D eigenvalue weighted by molar-refractivity contribution is -0.138. The number of hydrogen-bond donors (Lipinski definition) is 2. The van der Waals surface area contributed by atoms with Crippen molar-refractivity contribution in [1.82, 2.24) is 10.4 Å². The number of carbonyl (C=O) groups excluding carboxylic acids is 2. The molecule has 0 saturated heterocycles. The second kappa shape index (κ2) is 8.26. The van der Waals surface area contributed by atoms with Crippen molar-refractivity contribution in [1.29, 1.82) is 0 Å². The van der Waals surface area contributed by atoms with Crippen molar-refractivity contribution >= 4 is 29.3 Å². The second-order valence-electron chi connectivity index (χ2n) is 5.34. The second-order valence-corrected chi connectivity index (χ2v) is 5.78. The van der Waals surface area contributed by atoms with Crippen LogP contribution < -0.4 is 10.9 Å². The number of nitrogens with one attached hydrogen (secondary N) is 2. The van der Waals surface area contributed by atoms with Gasteiger partial charge in [-0.3, -0.25) is 15.6 Å². The highest BCUT2D eigenvalue weighted by Crippen LogP contribution is 2.35. The molecule has 0 aliphatic rings. The highest BCUT2D eigenvalue weighted by atomic mass is 35.5. The Morgan fingerprint density at radius 1 is 1.22 bits per heavy atom. The number of ether oxygens (including phenoxy) is 1. The standard InChI is InChI=1S/C17H15ClF3N3O3/c1-3-27-16(26)13-12(17(19,20)21)8-9(2)22-14(13)23-24-15(25)10-4-6-11(18)7-5-10/h4-8H,3H2,1-2H3,(H,22,23)(H,24,25). The van der Waals surface area contributed by atoms with Gasteiger partial charge in [0.2, 0.25) is 0 Å². The molecule has 0 fully saturated rings. The molecule has 0 spiro atoms. The molecule has 1 aromatic carbocycles. The van der Waals surface area contributed by atoms with E-state index in [1.807, 2.05) is 0 Å². The molecule has 144 valence electrons. The Morgan fingerprint density at radius 3 is 2.41 bits per heavy atom. The topological polar surface area (TPSA) is 80.3 Å². The van der Waals surface area contributed by atoms with Crippen LogP contribution in [0.4, 0.5) is 19.0 Å². The first-order chi connectivity index (χ1) is 12.6. The van der Waals surface area contributed by atoms with Gasteiger partial charge in [-0.2, -0.15) is 13.2 Å². The third kappa shape index (κ3) is 5.10. The van der Waals surface area contributed by atoms with E-state index < -0.39 is 35.0 Å². The molecule has 0 unspecified atom stereocenters. The van der Waals surface area contributed by atoms with E-state index in [2.05, 4.69) is 15.8 Å². The Morgan fingerprint density at radius 2 is 1.85 bits per heavy atom. The fourth-order valence-electron chi connectivity index (χ4n) is 2.19. The zero-order valence-electron chi connectivity index (χ0n) is 14.3. The quantitative estimate of drug-likeness (QED) is 0.585. The SMILES string of the molecule is CCOC(=O)c1c(C(F)(F)F)cc(C)nc1NNC(=O)c1ccc(Cl)cc1. The van der Waals surface area contributed by atoms with Crippen molar-refractivity contribution in [3.63, 3.8) is 0 Å². The number of carbonyl (C=O) groups is 2. The van der Waals surface area contributed by atoms with E-state index in [0.717, 1.165) is 6.07 Å². The Bertz CT molecular complexity index is 855. The van der Waals surface area contributed by atoms with Crippen molar-refractivity contribution in [3.8, 4) is 0 Å². The fourth-order valence-corrected chi connectivity index (χ4v) is 2.31. The van der Waals surface area contributed by atoms with Gasteiger partial charge in [-0.15, -0.1) is 0 Å². The lowest BCUT2D eigenvalue weighted by Crippen LogP contribution is -2.32. The van der Waals surface area contributed by atoms with E-state index in [1.54, 1.807) is 0 Å². The third-order valence-corrected chi connectivity index (χ3v) is 3.59. The number of esters is 1. The van der Waals surface area contributed by atoms with E-state index in [9.17, 15) is 22.8 Å². The molecule has 0 radical (unpaired) electrons. The Kier molecular flexibility index (Phi) is 6.27. The molecule has 1 heterocycles. The van der Waals surface area contributed by atoms with E-state index in [-0.39, 0.29) is 17.9 Å². The number of hydrazine groups is 1. The summed E-state index contributed by atoms with van der Waals surface area (Å²) in [5.41, 5.74) is 2.66. The van der Waals surface area contributed by atoms with Crippen LogP contribution in [0, 0.1) is 6.92 Å². The number of rotatable bonds is 5. The summed E-state index contributed by atoms with van der Waals surface area (Å²) in [5.74, 6) is -2.33. The minimum atomic E-state index is -4.81. The van der Waals surface area contributed by atoms with Crippen LogP contribution in [-0.2, 0) is 10.9 Å². The molecule has 0 bridgehead atoms. The van der Waals surface area contributed by atoms with Gasteiger partial charge < -0.3 is 4.74 Å². The number of anilines is 1. The smallest absolute Gasteiger partial charge is 0.417 e. The maximum Gasteiger partial charge on any atom is 0.417 e. The molecule has 2 aromatic rings. The molecular formula is C17H15ClF3N3O3. The zero-order chi connectivity index (χ0) is 20.2. The van der Waals surface area contributed by atoms with Crippen LogP contribution >= 0.6 is 11.6 Å². The normalized spacial score (nSPS) is 11.0. The number of hydrogen-bond acceptors (Lipinski definition) is 5. The molecule has 10 heteroatoms. The Labute approximate surface area is 157 Å².